The van der Waals surface area contributed by atoms with Gasteiger partial charge in [-0.05, 0) is 48.6 Å². The van der Waals surface area contributed by atoms with Crippen molar-refractivity contribution in [3.8, 4) is 0 Å². The number of rotatable bonds is 24. The normalized spacial score (nSPS) is 18.3. The topological polar surface area (TPSA) is 67.4 Å². The van der Waals surface area contributed by atoms with Gasteiger partial charge in [-0.25, -0.2) is 0 Å². The molecule has 7 heteroatoms. The number of hydrogen-bond acceptors (Lipinski definition) is 6. The Bertz CT molecular complexity index is 583. The molecule has 2 rings (SSSR count). The molecule has 2 saturated carbocycles. The van der Waals surface area contributed by atoms with E-state index in [9.17, 15) is 8.42 Å². The van der Waals surface area contributed by atoms with Crippen LogP contribution in [0.25, 0.3) is 0 Å². The second kappa shape index (κ2) is 24.7. The van der Waals surface area contributed by atoms with Crippen molar-refractivity contribution in [3.05, 3.63) is 0 Å². The number of hydrogen-bond donors (Lipinski definition) is 2. The fourth-order valence-corrected chi connectivity index (χ4v) is 8.51. The molecule has 0 atom stereocenters. The molecule has 232 valence electrons. The molecule has 2 N–H and O–H groups in total. The van der Waals surface area contributed by atoms with Gasteiger partial charge in [0, 0.05) is 18.8 Å². The summed E-state index contributed by atoms with van der Waals surface area (Å²) in [6, 6.07) is 0. The lowest BCUT2D eigenvalue weighted by molar-refractivity contribution is 0.324. The molecular weight excluding hydrogens is 524 g/mol. The first-order valence-electron chi connectivity index (χ1n) is 17.1. The van der Waals surface area contributed by atoms with Crippen LogP contribution in [0.4, 0.5) is 0 Å². The van der Waals surface area contributed by atoms with Gasteiger partial charge in [-0.2, -0.15) is 8.42 Å². The Hall–Kier alpha value is 0.180. The van der Waals surface area contributed by atoms with E-state index in [1.54, 1.807) is 0 Å². The Kier molecular flexibility index (Phi) is 22.4. The van der Waals surface area contributed by atoms with Crippen molar-refractivity contribution in [2.24, 2.45) is 11.8 Å². The summed E-state index contributed by atoms with van der Waals surface area (Å²) in [6.45, 7) is 3.47. The molecule has 0 spiro atoms. The summed E-state index contributed by atoms with van der Waals surface area (Å²) in [6.07, 6.45) is 33.5. The molecule has 0 unspecified atom stereocenters. The van der Waals surface area contributed by atoms with E-state index in [4.69, 9.17) is 4.18 Å². The zero-order valence-corrected chi connectivity index (χ0v) is 27.0. The molecule has 0 aromatic carbocycles. The van der Waals surface area contributed by atoms with Crippen LogP contribution >= 0.6 is 10.8 Å². The van der Waals surface area contributed by atoms with Gasteiger partial charge < -0.3 is 10.6 Å². The molecule has 2 aliphatic rings. The zero-order valence-electron chi connectivity index (χ0n) is 25.4. The van der Waals surface area contributed by atoms with Gasteiger partial charge in [0.25, 0.3) is 0 Å². The van der Waals surface area contributed by atoms with Crippen LogP contribution < -0.4 is 10.6 Å². The average molecular weight is 589 g/mol. The highest BCUT2D eigenvalue weighted by Crippen LogP contribution is 2.28. The van der Waals surface area contributed by atoms with Crippen molar-refractivity contribution in [2.75, 3.05) is 38.5 Å². The fourth-order valence-electron chi connectivity index (χ4n) is 6.45. The number of unbranched alkanes of at least 4 members (excludes halogenated alkanes) is 8. The van der Waals surface area contributed by atoms with Crippen molar-refractivity contribution in [2.45, 2.75) is 154 Å². The van der Waals surface area contributed by atoms with E-state index in [1.165, 1.54) is 148 Å². The lowest BCUT2D eigenvalue weighted by Crippen LogP contribution is -2.22. The highest BCUT2D eigenvalue weighted by Gasteiger charge is 2.13. The van der Waals surface area contributed by atoms with Crippen molar-refractivity contribution in [3.63, 3.8) is 0 Å². The largest absolute Gasteiger partial charge is 0.322 e. The SMILES string of the molecule is O=S(=O)(OCCNCCCCCCCC1CCCCCC1)SCCNCCCCCCCC1CCCCCC1. The van der Waals surface area contributed by atoms with Crippen LogP contribution in [0.15, 0.2) is 0 Å². The standard InChI is InChI=1S/C32H64N2O3S2/c35-39(36,37-29-27-33-25-17-9-1-3-11-19-31-21-13-5-6-14-22-31)38-30-28-34-26-18-10-2-4-12-20-32-23-15-7-8-16-24-32/h31-34H,1-30H2. The molecule has 0 aromatic rings. The van der Waals surface area contributed by atoms with Crippen LogP contribution in [0.2, 0.25) is 0 Å². The maximum atomic E-state index is 12.1. The molecule has 2 aliphatic carbocycles. The first-order chi connectivity index (χ1) is 19.2. The second-order valence-corrected chi connectivity index (χ2v) is 16.0. The monoisotopic (exact) mass is 588 g/mol. The highest BCUT2D eigenvalue weighted by molar-refractivity contribution is 8.70. The van der Waals surface area contributed by atoms with E-state index in [1.807, 2.05) is 0 Å². The smallest absolute Gasteiger partial charge is 0.316 e. The van der Waals surface area contributed by atoms with Gasteiger partial charge >= 0.3 is 9.15 Å². The second-order valence-electron chi connectivity index (χ2n) is 12.4. The van der Waals surface area contributed by atoms with Gasteiger partial charge in [0.15, 0.2) is 0 Å². The van der Waals surface area contributed by atoms with Gasteiger partial charge in [-0.15, -0.1) is 0 Å². The predicted octanol–water partition coefficient (Wildman–Crippen LogP) is 8.78. The summed E-state index contributed by atoms with van der Waals surface area (Å²) in [5, 5.41) is 6.71. The molecule has 0 aliphatic heterocycles. The lowest BCUT2D eigenvalue weighted by atomic mass is 9.93. The maximum Gasteiger partial charge on any atom is 0.322 e. The van der Waals surface area contributed by atoms with Gasteiger partial charge in [0.2, 0.25) is 0 Å². The third-order valence-corrected chi connectivity index (χ3v) is 11.7. The molecule has 0 radical (unpaired) electrons. The molecule has 39 heavy (non-hydrogen) atoms. The summed E-state index contributed by atoms with van der Waals surface area (Å²) in [7, 11) is -2.56. The Labute approximate surface area is 247 Å². The van der Waals surface area contributed by atoms with Crippen LogP contribution in [0.5, 0.6) is 0 Å². The minimum atomic E-state index is -3.48. The van der Waals surface area contributed by atoms with Crippen LogP contribution in [0, 0.1) is 11.8 Å². The van der Waals surface area contributed by atoms with Crippen LogP contribution in [-0.4, -0.2) is 47.0 Å². The molecular formula is C32H64N2O3S2. The number of nitrogens with one attached hydrogen (secondary N) is 2. The lowest BCUT2D eigenvalue weighted by Gasteiger charge is -2.13. The Balaban J connectivity index is 1.27. The van der Waals surface area contributed by atoms with Crippen molar-refractivity contribution in [1.82, 2.24) is 10.6 Å². The minimum Gasteiger partial charge on any atom is -0.316 e. The molecule has 0 amide bonds. The zero-order chi connectivity index (χ0) is 27.7. The van der Waals surface area contributed by atoms with E-state index in [0.717, 1.165) is 42.1 Å². The van der Waals surface area contributed by atoms with Gasteiger partial charge in [0.05, 0.1) is 6.61 Å². The van der Waals surface area contributed by atoms with Crippen molar-refractivity contribution >= 4 is 19.9 Å². The Morgan fingerprint density at radius 1 is 0.538 bits per heavy atom. The van der Waals surface area contributed by atoms with E-state index in [2.05, 4.69) is 10.6 Å². The fraction of sp³-hybridized carbons (Fsp3) is 1.00. The van der Waals surface area contributed by atoms with E-state index in [0.29, 0.717) is 18.8 Å². The molecule has 0 saturated heterocycles. The van der Waals surface area contributed by atoms with Gasteiger partial charge in [0.1, 0.15) is 0 Å². The molecule has 0 heterocycles. The third kappa shape index (κ3) is 21.5. The summed E-state index contributed by atoms with van der Waals surface area (Å²) < 4.78 is 29.2. The van der Waals surface area contributed by atoms with Crippen LogP contribution in [0.1, 0.15) is 154 Å². The summed E-state index contributed by atoms with van der Waals surface area (Å²) >= 11 is 0. The molecule has 0 aromatic heterocycles. The average Bonchev–Trinajstić information content (AvgIpc) is 3.35. The van der Waals surface area contributed by atoms with E-state index in [-0.39, 0.29) is 6.61 Å². The molecule has 5 nitrogen and oxygen atoms in total. The van der Waals surface area contributed by atoms with E-state index >= 15 is 0 Å². The van der Waals surface area contributed by atoms with E-state index < -0.39 is 9.15 Å². The van der Waals surface area contributed by atoms with Gasteiger partial charge in [-0.3, -0.25) is 4.18 Å². The van der Waals surface area contributed by atoms with Crippen molar-refractivity contribution < 1.29 is 12.6 Å². The Morgan fingerprint density at radius 3 is 1.49 bits per heavy atom. The van der Waals surface area contributed by atoms with Crippen LogP contribution in [-0.2, 0) is 13.3 Å². The van der Waals surface area contributed by atoms with Crippen LogP contribution in [0.3, 0.4) is 0 Å². The minimum absolute atomic E-state index is 0.227. The molecule has 0 bridgehead atoms. The third-order valence-electron chi connectivity index (χ3n) is 8.89. The quantitative estimate of drug-likeness (QED) is 0.0667. The highest BCUT2D eigenvalue weighted by atomic mass is 33.1. The summed E-state index contributed by atoms with van der Waals surface area (Å²) in [5.74, 6) is 2.55. The summed E-state index contributed by atoms with van der Waals surface area (Å²) in [5.41, 5.74) is 0. The predicted molar refractivity (Wildman–Crippen MR) is 171 cm³/mol. The van der Waals surface area contributed by atoms with Gasteiger partial charge in [-0.1, -0.05) is 141 Å². The summed E-state index contributed by atoms with van der Waals surface area (Å²) in [4.78, 5) is 0. The van der Waals surface area contributed by atoms with Crippen molar-refractivity contribution in [1.29, 1.82) is 0 Å². The molecule has 2 fully saturated rings. The maximum absolute atomic E-state index is 12.1. The first-order valence-corrected chi connectivity index (χ1v) is 20.0. The Morgan fingerprint density at radius 2 is 0.974 bits per heavy atom. The first kappa shape index (κ1) is 35.4.